The Hall–Kier alpha value is -3.18. The third-order valence-corrected chi connectivity index (χ3v) is 5.21. The average Bonchev–Trinajstić information content (AvgIpc) is 3.21. The van der Waals surface area contributed by atoms with E-state index in [0.717, 1.165) is 17.7 Å². The number of hydrogen-bond donors (Lipinski definition) is 1. The molecule has 1 N–H and O–H groups in total. The van der Waals surface area contributed by atoms with E-state index in [1.54, 1.807) is 16.8 Å². The lowest BCUT2D eigenvalue weighted by Gasteiger charge is -2.07. The molecule has 0 radical (unpaired) electrons. The maximum atomic E-state index is 12.2. The lowest BCUT2D eigenvalue weighted by atomic mass is 10.1. The van der Waals surface area contributed by atoms with E-state index in [2.05, 4.69) is 46.0 Å². The van der Waals surface area contributed by atoms with Crippen molar-refractivity contribution in [3.05, 3.63) is 59.7 Å². The van der Waals surface area contributed by atoms with Gasteiger partial charge in [-0.3, -0.25) is 4.79 Å². The number of nitrogens with one attached hydrogen (secondary N) is 1. The highest BCUT2D eigenvalue weighted by molar-refractivity contribution is 7.99. The number of rotatable bonds is 9. The fourth-order valence-electron chi connectivity index (χ4n) is 2.74. The predicted molar refractivity (Wildman–Crippen MR) is 113 cm³/mol. The Morgan fingerprint density at radius 3 is 2.55 bits per heavy atom. The van der Waals surface area contributed by atoms with Gasteiger partial charge in [-0.1, -0.05) is 49.4 Å². The lowest BCUT2D eigenvalue weighted by molar-refractivity contribution is -0.113. The Labute approximate surface area is 174 Å². The van der Waals surface area contributed by atoms with E-state index in [-0.39, 0.29) is 11.7 Å². The molecule has 2 aromatic carbocycles. The third-order valence-electron chi connectivity index (χ3n) is 4.29. The Bertz CT molecular complexity index is 976. The van der Waals surface area contributed by atoms with Crippen molar-refractivity contribution in [2.75, 3.05) is 11.1 Å². The first-order chi connectivity index (χ1) is 14.2. The first kappa shape index (κ1) is 20.6. The summed E-state index contributed by atoms with van der Waals surface area (Å²) in [4.78, 5) is 12.2. The summed E-state index contributed by atoms with van der Waals surface area (Å²) in [6.07, 6.45) is 3.75. The zero-order valence-electron chi connectivity index (χ0n) is 16.2. The number of thioether (sulfide) groups is 1. The van der Waals surface area contributed by atoms with Crippen molar-refractivity contribution in [2.24, 2.45) is 0 Å². The first-order valence-corrected chi connectivity index (χ1v) is 10.4. The van der Waals surface area contributed by atoms with Gasteiger partial charge < -0.3 is 5.32 Å². The van der Waals surface area contributed by atoms with Crippen LogP contribution in [0.15, 0.2) is 53.7 Å². The second-order valence-electron chi connectivity index (χ2n) is 6.51. The Morgan fingerprint density at radius 1 is 1.14 bits per heavy atom. The van der Waals surface area contributed by atoms with Gasteiger partial charge in [-0.15, -0.1) is 5.10 Å². The van der Waals surface area contributed by atoms with Gasteiger partial charge in [0.1, 0.15) is 0 Å². The van der Waals surface area contributed by atoms with Gasteiger partial charge in [0.15, 0.2) is 0 Å². The van der Waals surface area contributed by atoms with Crippen molar-refractivity contribution in [3.8, 4) is 11.8 Å². The van der Waals surface area contributed by atoms with E-state index < -0.39 is 0 Å². The van der Waals surface area contributed by atoms with Gasteiger partial charge in [0.25, 0.3) is 0 Å². The molecule has 0 aliphatic heterocycles. The summed E-state index contributed by atoms with van der Waals surface area (Å²) in [6, 6.07) is 17.5. The van der Waals surface area contributed by atoms with E-state index in [9.17, 15) is 4.79 Å². The second kappa shape index (κ2) is 10.4. The molecule has 3 rings (SSSR count). The van der Waals surface area contributed by atoms with Crippen molar-refractivity contribution >= 4 is 23.4 Å². The minimum atomic E-state index is -0.146. The molecule has 7 nitrogen and oxygen atoms in total. The molecule has 0 aliphatic carbocycles. The Morgan fingerprint density at radius 2 is 1.86 bits per heavy atom. The Balaban J connectivity index is 1.57. The van der Waals surface area contributed by atoms with Gasteiger partial charge in [0.2, 0.25) is 11.1 Å². The molecule has 29 heavy (non-hydrogen) atoms. The number of anilines is 1. The molecule has 0 bridgehead atoms. The van der Waals surface area contributed by atoms with E-state index in [0.29, 0.717) is 17.3 Å². The van der Waals surface area contributed by atoms with Crippen LogP contribution >= 0.6 is 11.8 Å². The Kier molecular flexibility index (Phi) is 7.36. The van der Waals surface area contributed by atoms with E-state index in [4.69, 9.17) is 5.26 Å². The zero-order chi connectivity index (χ0) is 20.5. The summed E-state index contributed by atoms with van der Waals surface area (Å²) in [7, 11) is 0. The third kappa shape index (κ3) is 5.90. The monoisotopic (exact) mass is 406 g/mol. The number of tetrazole rings is 1. The predicted octanol–water partition coefficient (Wildman–Crippen LogP) is 3.80. The summed E-state index contributed by atoms with van der Waals surface area (Å²) >= 11 is 1.28. The van der Waals surface area contributed by atoms with E-state index in [1.807, 2.05) is 24.3 Å². The maximum absolute atomic E-state index is 12.2. The van der Waals surface area contributed by atoms with Crippen LogP contribution in [0, 0.1) is 11.3 Å². The summed E-state index contributed by atoms with van der Waals surface area (Å²) in [5.74, 6) is 0.0436. The maximum Gasteiger partial charge on any atom is 0.234 e. The SMILES string of the molecule is CCCCc1ccc(-n2nnnc2SCC(=O)Nc2ccc(CC#N)cc2)cc1. The standard InChI is InChI=1S/C21H22N6OS/c1-2-3-4-16-7-11-19(12-8-16)27-21(24-25-26-27)29-15-20(28)23-18-9-5-17(6-10-18)13-14-22/h5-12H,2-4,13,15H2,1H3,(H,23,28). The molecule has 3 aromatic rings. The van der Waals surface area contributed by atoms with Crippen molar-refractivity contribution in [2.45, 2.75) is 37.8 Å². The van der Waals surface area contributed by atoms with Crippen LogP contribution in [0.5, 0.6) is 0 Å². The minimum absolute atomic E-state index is 0.146. The fourth-order valence-corrected chi connectivity index (χ4v) is 3.43. The molecular formula is C21H22N6OS. The van der Waals surface area contributed by atoms with Gasteiger partial charge in [0.05, 0.1) is 23.9 Å². The smallest absolute Gasteiger partial charge is 0.234 e. The number of unbranched alkanes of at least 4 members (excludes halogenated alkanes) is 1. The number of carbonyl (C=O) groups excluding carboxylic acids is 1. The average molecular weight is 407 g/mol. The molecule has 0 fully saturated rings. The minimum Gasteiger partial charge on any atom is -0.325 e. The molecule has 0 atom stereocenters. The summed E-state index contributed by atoms with van der Waals surface area (Å²) in [5.41, 5.74) is 3.77. The van der Waals surface area contributed by atoms with Crippen LogP contribution in [0.2, 0.25) is 0 Å². The normalized spacial score (nSPS) is 10.5. The molecule has 1 heterocycles. The van der Waals surface area contributed by atoms with Crippen molar-refractivity contribution in [3.63, 3.8) is 0 Å². The van der Waals surface area contributed by atoms with Gasteiger partial charge in [0, 0.05) is 5.69 Å². The largest absolute Gasteiger partial charge is 0.325 e. The highest BCUT2D eigenvalue weighted by atomic mass is 32.2. The quantitative estimate of drug-likeness (QED) is 0.543. The summed E-state index contributed by atoms with van der Waals surface area (Å²) in [5, 5.41) is 23.9. The number of aromatic nitrogens is 4. The topological polar surface area (TPSA) is 96.5 Å². The number of nitrogens with zero attached hydrogens (tertiary/aromatic N) is 5. The van der Waals surface area contributed by atoms with Gasteiger partial charge in [-0.05, 0) is 58.7 Å². The molecule has 0 saturated heterocycles. The molecule has 0 aliphatic rings. The van der Waals surface area contributed by atoms with E-state index >= 15 is 0 Å². The van der Waals surface area contributed by atoms with Gasteiger partial charge in [-0.25, -0.2) is 0 Å². The second-order valence-corrected chi connectivity index (χ2v) is 7.45. The van der Waals surface area contributed by atoms with Gasteiger partial charge >= 0.3 is 0 Å². The number of carbonyl (C=O) groups is 1. The zero-order valence-corrected chi connectivity index (χ0v) is 17.0. The summed E-state index contributed by atoms with van der Waals surface area (Å²) < 4.78 is 1.64. The van der Waals surface area contributed by atoms with E-state index in [1.165, 1.54) is 30.2 Å². The number of nitriles is 1. The van der Waals surface area contributed by atoms with Crippen LogP contribution in [-0.4, -0.2) is 31.9 Å². The van der Waals surface area contributed by atoms with Crippen LogP contribution in [0.1, 0.15) is 30.9 Å². The van der Waals surface area contributed by atoms with Crippen molar-refractivity contribution in [1.29, 1.82) is 5.26 Å². The first-order valence-electron chi connectivity index (χ1n) is 9.46. The molecule has 1 aromatic heterocycles. The molecule has 0 saturated carbocycles. The fraction of sp³-hybridized carbons (Fsp3) is 0.286. The number of aryl methyl sites for hydroxylation is 1. The lowest BCUT2D eigenvalue weighted by Crippen LogP contribution is -2.14. The number of hydrogen-bond acceptors (Lipinski definition) is 6. The van der Waals surface area contributed by atoms with Crippen LogP contribution in [0.4, 0.5) is 5.69 Å². The highest BCUT2D eigenvalue weighted by Gasteiger charge is 2.12. The van der Waals surface area contributed by atoms with Crippen LogP contribution < -0.4 is 5.32 Å². The number of amides is 1. The molecular weight excluding hydrogens is 384 g/mol. The van der Waals surface area contributed by atoms with Crippen LogP contribution in [0.25, 0.3) is 5.69 Å². The van der Waals surface area contributed by atoms with Crippen LogP contribution in [0.3, 0.4) is 0 Å². The van der Waals surface area contributed by atoms with Crippen molar-refractivity contribution < 1.29 is 4.79 Å². The molecule has 0 spiro atoms. The van der Waals surface area contributed by atoms with Gasteiger partial charge in [-0.2, -0.15) is 9.94 Å². The molecule has 148 valence electrons. The van der Waals surface area contributed by atoms with Crippen molar-refractivity contribution in [1.82, 2.24) is 20.2 Å². The summed E-state index contributed by atoms with van der Waals surface area (Å²) in [6.45, 7) is 2.18. The molecule has 1 amide bonds. The molecule has 8 heteroatoms. The number of benzene rings is 2. The molecule has 0 unspecified atom stereocenters. The highest BCUT2D eigenvalue weighted by Crippen LogP contribution is 2.19. The van der Waals surface area contributed by atoms with Crippen LogP contribution in [-0.2, 0) is 17.6 Å².